The minimum atomic E-state index is -0.136. The second-order valence-corrected chi connectivity index (χ2v) is 7.64. The van der Waals surface area contributed by atoms with Crippen molar-refractivity contribution in [3.63, 3.8) is 0 Å². The van der Waals surface area contributed by atoms with Crippen LogP contribution in [0.2, 0.25) is 0 Å². The lowest BCUT2D eigenvalue weighted by molar-refractivity contribution is -0.142. The average molecular weight is 293 g/mol. The van der Waals surface area contributed by atoms with Crippen LogP contribution >= 0.6 is 0 Å². The van der Waals surface area contributed by atoms with Gasteiger partial charge in [-0.05, 0) is 45.6 Å². The summed E-state index contributed by atoms with van der Waals surface area (Å²) in [7, 11) is 2.24. The van der Waals surface area contributed by atoms with Gasteiger partial charge in [0.2, 0.25) is 0 Å². The van der Waals surface area contributed by atoms with Crippen LogP contribution in [-0.4, -0.2) is 55.2 Å². The van der Waals surface area contributed by atoms with Gasteiger partial charge in [0, 0.05) is 43.6 Å². The Morgan fingerprint density at radius 2 is 1.86 bits per heavy atom. The highest BCUT2D eigenvalue weighted by Crippen LogP contribution is 2.42. The zero-order valence-electron chi connectivity index (χ0n) is 13.1. The number of rotatable bonds is 2. The maximum absolute atomic E-state index is 13.0. The molecule has 2 bridgehead atoms. The number of fused-ring (bicyclic) bond motifs is 2. The van der Waals surface area contributed by atoms with Crippen molar-refractivity contribution in [3.05, 3.63) is 0 Å². The summed E-state index contributed by atoms with van der Waals surface area (Å²) in [5, 5.41) is 0. The fraction of sp³-hybridized carbons (Fsp3) is 0.941. The molecule has 1 spiro atoms. The quantitative estimate of drug-likeness (QED) is 0.781. The predicted octanol–water partition coefficient (Wildman–Crippen LogP) is 2.01. The van der Waals surface area contributed by atoms with E-state index in [4.69, 9.17) is 9.47 Å². The smallest absolute Gasteiger partial charge is 0.139 e. The van der Waals surface area contributed by atoms with Crippen LogP contribution in [0.4, 0.5) is 0 Å². The molecule has 0 radical (unpaired) electrons. The molecule has 4 saturated heterocycles. The molecule has 4 fully saturated rings. The van der Waals surface area contributed by atoms with Crippen LogP contribution in [0.5, 0.6) is 0 Å². The molecule has 0 aliphatic carbocycles. The molecule has 0 N–H and O–H groups in total. The number of ether oxygens (including phenoxy) is 2. The first-order valence-corrected chi connectivity index (χ1v) is 8.64. The van der Waals surface area contributed by atoms with Crippen LogP contribution < -0.4 is 0 Å². The van der Waals surface area contributed by atoms with E-state index in [-0.39, 0.29) is 11.5 Å². The van der Waals surface area contributed by atoms with E-state index in [9.17, 15) is 4.79 Å². The van der Waals surface area contributed by atoms with Crippen molar-refractivity contribution in [1.82, 2.24) is 4.90 Å². The van der Waals surface area contributed by atoms with Gasteiger partial charge in [-0.15, -0.1) is 0 Å². The maximum atomic E-state index is 13.0. The molecule has 0 aromatic carbocycles. The molecule has 4 heteroatoms. The molecular formula is C17H27NO3. The fourth-order valence-electron chi connectivity index (χ4n) is 5.11. The topological polar surface area (TPSA) is 38.8 Å². The van der Waals surface area contributed by atoms with Crippen molar-refractivity contribution in [1.29, 1.82) is 0 Å². The van der Waals surface area contributed by atoms with Crippen molar-refractivity contribution in [2.45, 2.75) is 62.6 Å². The molecule has 0 aromatic heterocycles. The summed E-state index contributed by atoms with van der Waals surface area (Å²) in [4.78, 5) is 15.5. The van der Waals surface area contributed by atoms with Gasteiger partial charge in [-0.3, -0.25) is 4.79 Å². The third-order valence-electron chi connectivity index (χ3n) is 6.46. The lowest BCUT2D eigenvalue weighted by atomic mass is 9.76. The Bertz CT molecular complexity index is 404. The van der Waals surface area contributed by atoms with Gasteiger partial charge in [0.25, 0.3) is 0 Å². The predicted molar refractivity (Wildman–Crippen MR) is 79.1 cm³/mol. The first-order chi connectivity index (χ1) is 10.2. The summed E-state index contributed by atoms with van der Waals surface area (Å²) in [6.45, 7) is 2.22. The van der Waals surface area contributed by atoms with Crippen LogP contribution in [0.25, 0.3) is 0 Å². The zero-order valence-corrected chi connectivity index (χ0v) is 13.1. The second kappa shape index (κ2) is 5.32. The zero-order chi connectivity index (χ0) is 14.4. The summed E-state index contributed by atoms with van der Waals surface area (Å²) in [5.74, 6) is 1.06. The summed E-state index contributed by atoms with van der Waals surface area (Å²) in [6.07, 6.45) is 7.54. The van der Waals surface area contributed by atoms with Crippen molar-refractivity contribution < 1.29 is 14.3 Å². The number of carbonyl (C=O) groups is 1. The van der Waals surface area contributed by atoms with Gasteiger partial charge in [0.05, 0.1) is 12.2 Å². The lowest BCUT2D eigenvalue weighted by Gasteiger charge is -2.40. The summed E-state index contributed by atoms with van der Waals surface area (Å²) >= 11 is 0. The van der Waals surface area contributed by atoms with Crippen molar-refractivity contribution in [3.8, 4) is 0 Å². The third kappa shape index (κ3) is 2.45. The number of hydrogen-bond donors (Lipinski definition) is 0. The summed E-state index contributed by atoms with van der Waals surface area (Å²) in [5.41, 5.74) is -0.136. The van der Waals surface area contributed by atoms with Crippen LogP contribution in [0.3, 0.4) is 0 Å². The Balaban J connectivity index is 1.43. The van der Waals surface area contributed by atoms with E-state index in [0.717, 1.165) is 45.3 Å². The molecule has 21 heavy (non-hydrogen) atoms. The molecule has 4 atom stereocenters. The largest absolute Gasteiger partial charge is 0.378 e. The first kappa shape index (κ1) is 14.2. The molecule has 0 saturated carbocycles. The highest BCUT2D eigenvalue weighted by atomic mass is 16.6. The second-order valence-electron chi connectivity index (χ2n) is 7.64. The number of ketones is 1. The normalized spacial score (nSPS) is 47.1. The number of piperidine rings is 1. The molecule has 0 aromatic rings. The van der Waals surface area contributed by atoms with E-state index < -0.39 is 0 Å². The van der Waals surface area contributed by atoms with Crippen molar-refractivity contribution in [2.75, 3.05) is 26.9 Å². The van der Waals surface area contributed by atoms with Crippen LogP contribution in [0, 0.1) is 11.8 Å². The molecule has 4 heterocycles. The van der Waals surface area contributed by atoms with Gasteiger partial charge < -0.3 is 14.4 Å². The van der Waals surface area contributed by atoms with E-state index in [0.29, 0.717) is 30.4 Å². The number of carbonyl (C=O) groups excluding carboxylic acids is 1. The Kier molecular flexibility index (Phi) is 3.59. The molecule has 4 aliphatic heterocycles. The van der Waals surface area contributed by atoms with Crippen molar-refractivity contribution >= 4 is 5.78 Å². The van der Waals surface area contributed by atoms with Crippen LogP contribution in [0.1, 0.15) is 44.9 Å². The summed E-state index contributed by atoms with van der Waals surface area (Å²) in [6, 6.07) is 1.31. The highest BCUT2D eigenvalue weighted by Gasteiger charge is 2.46. The van der Waals surface area contributed by atoms with Crippen LogP contribution in [-0.2, 0) is 14.3 Å². The standard InChI is InChI=1S/C17H27NO3/c1-18-14-2-3-15(18)9-13(8-14)16(19)12-4-6-21-17(10-12)5-7-20-11-17/h12-15H,2-11H2,1H3. The molecule has 4 unspecified atom stereocenters. The van der Waals surface area contributed by atoms with Gasteiger partial charge in [0.1, 0.15) is 5.78 Å². The van der Waals surface area contributed by atoms with E-state index in [1.807, 2.05) is 0 Å². The lowest BCUT2D eigenvalue weighted by Crippen LogP contribution is -2.47. The Labute approximate surface area is 127 Å². The van der Waals surface area contributed by atoms with Gasteiger partial charge in [-0.2, -0.15) is 0 Å². The molecule has 4 aliphatic rings. The molecule has 0 amide bonds. The minimum Gasteiger partial charge on any atom is -0.378 e. The highest BCUT2D eigenvalue weighted by molar-refractivity contribution is 5.84. The van der Waals surface area contributed by atoms with Gasteiger partial charge in [-0.25, -0.2) is 0 Å². The molecular weight excluding hydrogens is 266 g/mol. The number of nitrogens with zero attached hydrogens (tertiary/aromatic N) is 1. The van der Waals surface area contributed by atoms with E-state index in [1.165, 1.54) is 12.8 Å². The maximum Gasteiger partial charge on any atom is 0.139 e. The van der Waals surface area contributed by atoms with E-state index >= 15 is 0 Å². The van der Waals surface area contributed by atoms with Gasteiger partial charge in [0.15, 0.2) is 0 Å². The molecule has 118 valence electrons. The average Bonchev–Trinajstić information content (AvgIpc) is 2.99. The monoisotopic (exact) mass is 293 g/mol. The Hall–Kier alpha value is -0.450. The fourth-order valence-corrected chi connectivity index (χ4v) is 5.11. The van der Waals surface area contributed by atoms with Crippen LogP contribution in [0.15, 0.2) is 0 Å². The SMILES string of the molecule is CN1C2CCC1CC(C(=O)C1CCOC3(CCOC3)C1)C2. The Morgan fingerprint density at radius 3 is 2.52 bits per heavy atom. The van der Waals surface area contributed by atoms with Gasteiger partial charge in [-0.1, -0.05) is 0 Å². The third-order valence-corrected chi connectivity index (χ3v) is 6.46. The number of hydrogen-bond acceptors (Lipinski definition) is 4. The Morgan fingerprint density at radius 1 is 1.10 bits per heavy atom. The molecule has 4 nitrogen and oxygen atoms in total. The first-order valence-electron chi connectivity index (χ1n) is 8.64. The summed E-state index contributed by atoms with van der Waals surface area (Å²) < 4.78 is 11.5. The number of Topliss-reactive ketones (excluding diaryl/α,β-unsaturated/α-hetero) is 1. The van der Waals surface area contributed by atoms with Gasteiger partial charge >= 0.3 is 0 Å². The minimum absolute atomic E-state index is 0.136. The van der Waals surface area contributed by atoms with Crippen molar-refractivity contribution in [2.24, 2.45) is 11.8 Å². The van der Waals surface area contributed by atoms with E-state index in [2.05, 4.69) is 11.9 Å². The van der Waals surface area contributed by atoms with E-state index in [1.54, 1.807) is 0 Å². The molecule has 4 rings (SSSR count).